The number of benzene rings is 1. The van der Waals surface area contributed by atoms with Crippen LogP contribution in [-0.4, -0.2) is 17.1 Å². The molecule has 6 nitrogen and oxygen atoms in total. The molecule has 0 spiro atoms. The smallest absolute Gasteiger partial charge is 0.288 e. The topological polar surface area (TPSA) is 79.2 Å². The largest absolute Gasteiger partial charge is 0.451 e. The van der Waals surface area contributed by atoms with Gasteiger partial charge in [0, 0.05) is 35.8 Å². The van der Waals surface area contributed by atoms with Crippen LogP contribution < -0.4 is 16.2 Å². The van der Waals surface area contributed by atoms with Crippen molar-refractivity contribution in [3.63, 3.8) is 0 Å². The summed E-state index contributed by atoms with van der Waals surface area (Å²) in [5.74, 6) is 0.163. The molecule has 3 aromatic rings. The standard InChI is InChI=1S/C19H20N4O2/c1-11-3-4-14-12(2)18(25-16(14)9-11)19(24)21-17-10-15(22-23-17)13-5-7-20-8-6-13/h3-9,15,17,22-23H,10H2,1-2H3,(H,21,24). The minimum absolute atomic E-state index is 0.132. The van der Waals surface area contributed by atoms with Gasteiger partial charge in [0.1, 0.15) is 5.58 Å². The summed E-state index contributed by atoms with van der Waals surface area (Å²) in [7, 11) is 0. The normalized spacial score (nSPS) is 20.1. The van der Waals surface area contributed by atoms with Crippen LogP contribution in [0.25, 0.3) is 11.0 Å². The van der Waals surface area contributed by atoms with Crippen LogP contribution in [0.15, 0.2) is 47.1 Å². The molecule has 1 amide bonds. The molecule has 1 aliphatic heterocycles. The monoisotopic (exact) mass is 336 g/mol. The quantitative estimate of drug-likeness (QED) is 0.685. The minimum atomic E-state index is -0.207. The Hall–Kier alpha value is -2.70. The van der Waals surface area contributed by atoms with Gasteiger partial charge in [-0.05, 0) is 43.2 Å². The number of carbonyl (C=O) groups is 1. The van der Waals surface area contributed by atoms with Crippen LogP contribution in [0.5, 0.6) is 0 Å². The molecule has 0 aliphatic carbocycles. The Morgan fingerprint density at radius 1 is 1.20 bits per heavy atom. The van der Waals surface area contributed by atoms with Crippen LogP contribution in [0.1, 0.15) is 39.7 Å². The fraction of sp³-hybridized carbons (Fsp3) is 0.263. The number of aryl methyl sites for hydroxylation is 2. The number of rotatable bonds is 3. The Bertz CT molecular complexity index is 920. The van der Waals surface area contributed by atoms with Gasteiger partial charge in [0.25, 0.3) is 5.91 Å². The fourth-order valence-corrected chi connectivity index (χ4v) is 3.24. The van der Waals surface area contributed by atoms with Crippen molar-refractivity contribution >= 4 is 16.9 Å². The molecule has 1 fully saturated rings. The number of carbonyl (C=O) groups excluding carboxylic acids is 1. The van der Waals surface area contributed by atoms with Crippen LogP contribution in [0.2, 0.25) is 0 Å². The molecule has 4 rings (SSSR count). The number of aromatic nitrogens is 1. The lowest BCUT2D eigenvalue weighted by atomic mass is 10.1. The summed E-state index contributed by atoms with van der Waals surface area (Å²) in [6.07, 6.45) is 4.11. The van der Waals surface area contributed by atoms with E-state index >= 15 is 0 Å². The van der Waals surface area contributed by atoms with Crippen molar-refractivity contribution in [3.8, 4) is 0 Å². The second-order valence-corrected chi connectivity index (χ2v) is 6.44. The van der Waals surface area contributed by atoms with Gasteiger partial charge in [-0.3, -0.25) is 9.78 Å². The predicted molar refractivity (Wildman–Crippen MR) is 94.8 cm³/mol. The molecule has 2 atom stereocenters. The van der Waals surface area contributed by atoms with Crippen molar-refractivity contribution in [2.45, 2.75) is 32.5 Å². The van der Waals surface area contributed by atoms with Crippen LogP contribution >= 0.6 is 0 Å². The Labute approximate surface area is 145 Å². The van der Waals surface area contributed by atoms with E-state index in [1.165, 1.54) is 0 Å². The van der Waals surface area contributed by atoms with E-state index in [4.69, 9.17) is 4.42 Å². The lowest BCUT2D eigenvalue weighted by molar-refractivity contribution is 0.0905. The van der Waals surface area contributed by atoms with Gasteiger partial charge in [-0.1, -0.05) is 12.1 Å². The summed E-state index contributed by atoms with van der Waals surface area (Å²) >= 11 is 0. The summed E-state index contributed by atoms with van der Waals surface area (Å²) in [6.45, 7) is 3.92. The second-order valence-electron chi connectivity index (χ2n) is 6.44. The van der Waals surface area contributed by atoms with E-state index in [1.54, 1.807) is 12.4 Å². The molecule has 1 aliphatic rings. The Kier molecular flexibility index (Phi) is 3.99. The first-order chi connectivity index (χ1) is 12.1. The van der Waals surface area contributed by atoms with Crippen LogP contribution in [0, 0.1) is 13.8 Å². The first kappa shape index (κ1) is 15.8. The van der Waals surface area contributed by atoms with Gasteiger partial charge < -0.3 is 9.73 Å². The highest BCUT2D eigenvalue weighted by atomic mass is 16.3. The number of hydrogen-bond donors (Lipinski definition) is 3. The van der Waals surface area contributed by atoms with Gasteiger partial charge in [-0.25, -0.2) is 10.9 Å². The maximum Gasteiger partial charge on any atom is 0.288 e. The van der Waals surface area contributed by atoms with Crippen LogP contribution in [0.4, 0.5) is 0 Å². The van der Waals surface area contributed by atoms with E-state index in [2.05, 4.69) is 21.2 Å². The molecule has 2 aromatic heterocycles. The lowest BCUT2D eigenvalue weighted by Gasteiger charge is -2.11. The van der Waals surface area contributed by atoms with Gasteiger partial charge in [-0.15, -0.1) is 0 Å². The minimum Gasteiger partial charge on any atom is -0.451 e. The molecule has 1 saturated heterocycles. The van der Waals surface area contributed by atoms with Crippen molar-refractivity contribution < 1.29 is 9.21 Å². The molecule has 0 saturated carbocycles. The second kappa shape index (κ2) is 6.31. The zero-order chi connectivity index (χ0) is 17.4. The number of pyridine rings is 1. The van der Waals surface area contributed by atoms with Gasteiger partial charge in [0.05, 0.1) is 6.17 Å². The number of hydrogen-bond acceptors (Lipinski definition) is 5. The van der Waals surface area contributed by atoms with E-state index in [0.717, 1.165) is 34.1 Å². The van der Waals surface area contributed by atoms with E-state index in [1.807, 2.05) is 44.2 Å². The van der Waals surface area contributed by atoms with Gasteiger partial charge in [-0.2, -0.15) is 0 Å². The number of hydrazine groups is 1. The summed E-state index contributed by atoms with van der Waals surface area (Å²) in [6, 6.07) is 10.0. The lowest BCUT2D eigenvalue weighted by Crippen LogP contribution is -2.44. The molecule has 1 aromatic carbocycles. The molecule has 2 unspecified atom stereocenters. The van der Waals surface area contributed by atoms with Gasteiger partial charge in [0.15, 0.2) is 5.76 Å². The third-order valence-corrected chi connectivity index (χ3v) is 4.62. The fourth-order valence-electron chi connectivity index (χ4n) is 3.24. The molecule has 128 valence electrons. The van der Waals surface area contributed by atoms with Crippen molar-refractivity contribution in [3.05, 3.63) is 65.2 Å². The number of furan rings is 1. The predicted octanol–water partition coefficient (Wildman–Crippen LogP) is 2.74. The van der Waals surface area contributed by atoms with Gasteiger partial charge >= 0.3 is 0 Å². The van der Waals surface area contributed by atoms with E-state index in [9.17, 15) is 4.79 Å². The molecular weight excluding hydrogens is 316 g/mol. The maximum absolute atomic E-state index is 12.6. The Balaban J connectivity index is 1.49. The van der Waals surface area contributed by atoms with E-state index in [-0.39, 0.29) is 18.1 Å². The number of fused-ring (bicyclic) bond motifs is 1. The summed E-state index contributed by atoms with van der Waals surface area (Å²) in [5, 5.41) is 3.96. The first-order valence-corrected chi connectivity index (χ1v) is 8.33. The molecular formula is C19H20N4O2. The highest BCUT2D eigenvalue weighted by Crippen LogP contribution is 2.26. The summed E-state index contributed by atoms with van der Waals surface area (Å²) < 4.78 is 5.79. The maximum atomic E-state index is 12.6. The Morgan fingerprint density at radius 3 is 2.80 bits per heavy atom. The molecule has 25 heavy (non-hydrogen) atoms. The third kappa shape index (κ3) is 3.01. The van der Waals surface area contributed by atoms with E-state index < -0.39 is 0 Å². The summed E-state index contributed by atoms with van der Waals surface area (Å²) in [4.78, 5) is 16.7. The highest BCUT2D eigenvalue weighted by Gasteiger charge is 2.28. The molecule has 0 bridgehead atoms. The zero-order valence-corrected chi connectivity index (χ0v) is 14.2. The average molecular weight is 336 g/mol. The molecule has 3 N–H and O–H groups in total. The average Bonchev–Trinajstić information content (AvgIpc) is 3.20. The summed E-state index contributed by atoms with van der Waals surface area (Å²) in [5.41, 5.74) is 10.2. The molecule has 0 radical (unpaired) electrons. The van der Waals surface area contributed by atoms with Crippen LogP contribution in [0.3, 0.4) is 0 Å². The molecule has 6 heteroatoms. The zero-order valence-electron chi connectivity index (χ0n) is 14.2. The number of amides is 1. The number of nitrogens with one attached hydrogen (secondary N) is 3. The molecule has 3 heterocycles. The van der Waals surface area contributed by atoms with Gasteiger partial charge in [0.2, 0.25) is 0 Å². The Morgan fingerprint density at radius 2 is 2.00 bits per heavy atom. The third-order valence-electron chi connectivity index (χ3n) is 4.62. The van der Waals surface area contributed by atoms with Crippen molar-refractivity contribution in [1.82, 2.24) is 21.2 Å². The highest BCUT2D eigenvalue weighted by molar-refractivity contribution is 5.99. The van der Waals surface area contributed by atoms with Crippen molar-refractivity contribution in [2.24, 2.45) is 0 Å². The number of nitrogens with zero attached hydrogens (tertiary/aromatic N) is 1. The van der Waals surface area contributed by atoms with Crippen molar-refractivity contribution in [1.29, 1.82) is 0 Å². The van der Waals surface area contributed by atoms with Crippen molar-refractivity contribution in [2.75, 3.05) is 0 Å². The van der Waals surface area contributed by atoms with E-state index in [0.29, 0.717) is 5.76 Å². The van der Waals surface area contributed by atoms with Crippen LogP contribution in [-0.2, 0) is 0 Å². The first-order valence-electron chi connectivity index (χ1n) is 8.33. The SMILES string of the molecule is Cc1ccc2c(C)c(C(=O)NC3CC(c4ccncc4)NN3)oc2c1.